The van der Waals surface area contributed by atoms with Crippen molar-refractivity contribution in [2.45, 2.75) is 32.1 Å². The molecule has 0 bridgehead atoms. The SMILES string of the molecule is CC1(C)c2ccccc2-c2cc3c(cc21)sc1cccc(-c2ccc(C#N)cc2-n2c4c(c5ccccc52)CCC=C4)c13. The van der Waals surface area contributed by atoms with Crippen molar-refractivity contribution >= 4 is 48.5 Å². The van der Waals surface area contributed by atoms with Gasteiger partial charge in [-0.1, -0.05) is 80.6 Å². The van der Waals surface area contributed by atoms with Gasteiger partial charge in [-0.2, -0.15) is 5.26 Å². The fourth-order valence-electron chi connectivity index (χ4n) is 7.71. The van der Waals surface area contributed by atoms with Gasteiger partial charge < -0.3 is 4.57 Å². The summed E-state index contributed by atoms with van der Waals surface area (Å²) in [6.07, 6.45) is 6.63. The molecule has 0 aliphatic heterocycles. The molecule has 2 heterocycles. The lowest BCUT2D eigenvalue weighted by molar-refractivity contribution is 0.661. The predicted octanol–water partition coefficient (Wildman–Crippen LogP) is 10.8. The van der Waals surface area contributed by atoms with Crippen molar-refractivity contribution < 1.29 is 0 Å². The first-order valence-electron chi connectivity index (χ1n) is 15.0. The van der Waals surface area contributed by atoms with Crippen molar-refractivity contribution in [1.82, 2.24) is 4.57 Å². The molecular formula is C40H28N2S. The Morgan fingerprint density at radius 1 is 0.744 bits per heavy atom. The molecule has 0 amide bonds. The van der Waals surface area contributed by atoms with E-state index in [1.807, 2.05) is 17.4 Å². The van der Waals surface area contributed by atoms with E-state index in [2.05, 4.69) is 128 Å². The van der Waals surface area contributed by atoms with Gasteiger partial charge in [0.15, 0.2) is 0 Å². The molecule has 0 radical (unpaired) electrons. The number of nitrogens with zero attached hydrogens (tertiary/aromatic N) is 2. The predicted molar refractivity (Wildman–Crippen MR) is 181 cm³/mol. The number of aryl methyl sites for hydroxylation is 1. The van der Waals surface area contributed by atoms with Crippen LogP contribution < -0.4 is 0 Å². The van der Waals surface area contributed by atoms with Crippen molar-refractivity contribution in [2.75, 3.05) is 0 Å². The second-order valence-electron chi connectivity index (χ2n) is 12.3. The van der Waals surface area contributed by atoms with Crippen LogP contribution in [0.25, 0.3) is 65.1 Å². The summed E-state index contributed by atoms with van der Waals surface area (Å²) in [5.41, 5.74) is 13.4. The van der Waals surface area contributed by atoms with Gasteiger partial charge in [0.2, 0.25) is 0 Å². The number of para-hydroxylation sites is 1. The van der Waals surface area contributed by atoms with Crippen LogP contribution in [-0.4, -0.2) is 4.57 Å². The van der Waals surface area contributed by atoms with Gasteiger partial charge in [0.25, 0.3) is 0 Å². The lowest BCUT2D eigenvalue weighted by atomic mass is 9.82. The number of fused-ring (bicyclic) bond motifs is 9. The molecule has 43 heavy (non-hydrogen) atoms. The average Bonchev–Trinajstić information content (AvgIpc) is 3.66. The van der Waals surface area contributed by atoms with Gasteiger partial charge in [-0.15, -0.1) is 11.3 Å². The Morgan fingerprint density at radius 2 is 1.58 bits per heavy atom. The van der Waals surface area contributed by atoms with Crippen molar-refractivity contribution in [1.29, 1.82) is 5.26 Å². The summed E-state index contributed by atoms with van der Waals surface area (Å²) >= 11 is 1.88. The molecule has 0 saturated carbocycles. The van der Waals surface area contributed by atoms with Crippen molar-refractivity contribution in [2.24, 2.45) is 0 Å². The molecule has 0 atom stereocenters. The highest BCUT2D eigenvalue weighted by atomic mass is 32.1. The molecule has 7 aromatic rings. The highest BCUT2D eigenvalue weighted by Crippen LogP contribution is 2.52. The Bertz CT molecular complexity index is 2390. The number of allylic oxidation sites excluding steroid dienone is 1. The number of benzene rings is 5. The van der Waals surface area contributed by atoms with Crippen molar-refractivity contribution in [3.05, 3.63) is 131 Å². The van der Waals surface area contributed by atoms with E-state index in [9.17, 15) is 5.26 Å². The molecule has 2 aliphatic carbocycles. The first-order chi connectivity index (χ1) is 21.0. The Morgan fingerprint density at radius 3 is 2.49 bits per heavy atom. The summed E-state index contributed by atoms with van der Waals surface area (Å²) in [6, 6.07) is 37.8. The molecule has 9 rings (SSSR count). The minimum absolute atomic E-state index is 0.0263. The molecular weight excluding hydrogens is 541 g/mol. The highest BCUT2D eigenvalue weighted by molar-refractivity contribution is 7.26. The van der Waals surface area contributed by atoms with Crippen LogP contribution in [0.2, 0.25) is 0 Å². The fourth-order valence-corrected chi connectivity index (χ4v) is 8.86. The van der Waals surface area contributed by atoms with E-state index >= 15 is 0 Å². The van der Waals surface area contributed by atoms with Gasteiger partial charge in [0.1, 0.15) is 0 Å². The summed E-state index contributed by atoms with van der Waals surface area (Å²) in [7, 11) is 0. The topological polar surface area (TPSA) is 28.7 Å². The molecule has 0 N–H and O–H groups in total. The lowest BCUT2D eigenvalue weighted by Gasteiger charge is -2.21. The molecule has 204 valence electrons. The van der Waals surface area contributed by atoms with Gasteiger partial charge in [0.05, 0.1) is 22.8 Å². The smallest absolute Gasteiger partial charge is 0.0992 e. The Balaban J connectivity index is 1.37. The second-order valence-corrected chi connectivity index (χ2v) is 13.4. The number of thiophene rings is 1. The van der Waals surface area contributed by atoms with Gasteiger partial charge in [0, 0.05) is 42.2 Å². The van der Waals surface area contributed by atoms with Crippen LogP contribution in [0.15, 0.2) is 103 Å². The van der Waals surface area contributed by atoms with E-state index in [4.69, 9.17) is 0 Å². The summed E-state index contributed by atoms with van der Waals surface area (Å²) in [4.78, 5) is 0. The molecule has 2 aromatic heterocycles. The van der Waals surface area contributed by atoms with E-state index in [-0.39, 0.29) is 5.41 Å². The third-order valence-corrected chi connectivity index (χ3v) is 10.8. The minimum Gasteiger partial charge on any atom is -0.309 e. The molecule has 0 unspecified atom stereocenters. The van der Waals surface area contributed by atoms with Crippen molar-refractivity contribution in [3.63, 3.8) is 0 Å². The van der Waals surface area contributed by atoms with E-state index < -0.39 is 0 Å². The number of rotatable bonds is 2. The third kappa shape index (κ3) is 3.33. The summed E-state index contributed by atoms with van der Waals surface area (Å²) in [5, 5.41) is 13.9. The molecule has 3 heteroatoms. The number of nitriles is 1. The summed E-state index contributed by atoms with van der Waals surface area (Å²) in [6.45, 7) is 4.70. The highest BCUT2D eigenvalue weighted by Gasteiger charge is 2.36. The van der Waals surface area contributed by atoms with Crippen LogP contribution in [0, 0.1) is 11.3 Å². The monoisotopic (exact) mass is 568 g/mol. The largest absolute Gasteiger partial charge is 0.309 e. The molecule has 0 saturated heterocycles. The molecule has 2 nitrogen and oxygen atoms in total. The van der Waals surface area contributed by atoms with Gasteiger partial charge in [-0.3, -0.25) is 0 Å². The van der Waals surface area contributed by atoms with E-state index in [0.717, 1.165) is 24.1 Å². The van der Waals surface area contributed by atoms with Crippen LogP contribution in [0.5, 0.6) is 0 Å². The zero-order valence-corrected chi connectivity index (χ0v) is 24.9. The Hall–Kier alpha value is -4.91. The molecule has 5 aromatic carbocycles. The van der Waals surface area contributed by atoms with E-state index in [1.54, 1.807) is 0 Å². The molecule has 2 aliphatic rings. The second kappa shape index (κ2) is 8.80. The zero-order chi connectivity index (χ0) is 28.9. The standard InChI is InChI=1S/C40H28N2S/c1-40(2)32-14-6-3-10-25(32)30-21-31-38(22-33(30)40)43-37-17-9-13-29(39(31)37)28-19-18-24(23-41)20-36(28)42-34-15-7-4-11-26(34)27-12-5-8-16-35(27)42/h3-4,6-11,13-22H,5,12H2,1-2H3. The summed E-state index contributed by atoms with van der Waals surface area (Å²) < 4.78 is 5.00. The van der Waals surface area contributed by atoms with Crippen molar-refractivity contribution in [3.8, 4) is 34.0 Å². The minimum atomic E-state index is -0.0263. The maximum absolute atomic E-state index is 9.99. The van der Waals surface area contributed by atoms with Gasteiger partial charge in [-0.25, -0.2) is 0 Å². The fraction of sp³-hybridized carbons (Fsp3) is 0.125. The zero-order valence-electron chi connectivity index (χ0n) is 24.1. The van der Waals surface area contributed by atoms with Crippen LogP contribution in [0.4, 0.5) is 0 Å². The van der Waals surface area contributed by atoms with E-state index in [0.29, 0.717) is 5.56 Å². The number of hydrogen-bond donors (Lipinski definition) is 0. The van der Waals surface area contributed by atoms with Gasteiger partial charge >= 0.3 is 0 Å². The maximum Gasteiger partial charge on any atom is 0.0992 e. The number of hydrogen-bond acceptors (Lipinski definition) is 2. The molecule has 0 spiro atoms. The van der Waals surface area contributed by atoms with Crippen LogP contribution in [-0.2, 0) is 11.8 Å². The van der Waals surface area contributed by atoms with Gasteiger partial charge in [-0.05, 0) is 88.7 Å². The Labute approximate surface area is 254 Å². The maximum atomic E-state index is 9.99. The Kier molecular flexibility index (Phi) is 5.05. The lowest BCUT2D eigenvalue weighted by Crippen LogP contribution is -2.14. The average molecular weight is 569 g/mol. The normalized spacial score (nSPS) is 14.6. The first kappa shape index (κ1) is 24.7. The number of aromatic nitrogens is 1. The summed E-state index contributed by atoms with van der Waals surface area (Å²) in [5.74, 6) is 0. The van der Waals surface area contributed by atoms with Crippen LogP contribution in [0.3, 0.4) is 0 Å². The van der Waals surface area contributed by atoms with E-state index in [1.165, 1.54) is 70.1 Å². The third-order valence-electron chi connectivity index (χ3n) is 9.71. The quantitative estimate of drug-likeness (QED) is 0.204. The molecule has 0 fully saturated rings. The first-order valence-corrected chi connectivity index (χ1v) is 15.8. The van der Waals surface area contributed by atoms with Crippen LogP contribution in [0.1, 0.15) is 48.2 Å². The van der Waals surface area contributed by atoms with Crippen LogP contribution >= 0.6 is 11.3 Å².